The van der Waals surface area contributed by atoms with E-state index in [0.29, 0.717) is 88.9 Å². The second kappa shape index (κ2) is 16.2. The Morgan fingerprint density at radius 1 is 0.381 bits per heavy atom. The molecule has 0 fully saturated rings. The lowest BCUT2D eigenvalue weighted by molar-refractivity contribution is -0.121. The van der Waals surface area contributed by atoms with Gasteiger partial charge in [0.1, 0.15) is 24.7 Å². The minimum absolute atomic E-state index is 0.351. The average molecular weight is 581 g/mol. The monoisotopic (exact) mass is 580 g/mol. The van der Waals surface area contributed by atoms with Crippen molar-refractivity contribution in [2.24, 2.45) is 0 Å². The Hall–Kier alpha value is -4.36. The van der Waals surface area contributed by atoms with Crippen LogP contribution in [0.4, 0.5) is 11.4 Å². The molecule has 0 unspecified atom stereocenters. The molecule has 0 aliphatic carbocycles. The van der Waals surface area contributed by atoms with E-state index in [1.807, 2.05) is 0 Å². The van der Waals surface area contributed by atoms with E-state index in [1.165, 1.54) is 24.3 Å². The molecule has 0 saturated heterocycles. The highest BCUT2D eigenvalue weighted by molar-refractivity contribution is 6.28. The predicted octanol–water partition coefficient (Wildman–Crippen LogP) is 2.07. The fourth-order valence-corrected chi connectivity index (χ4v) is 3.89. The highest BCUT2D eigenvalue weighted by atomic mass is 16.6. The molecule has 2 aliphatic heterocycles. The maximum atomic E-state index is 11.7. The van der Waals surface area contributed by atoms with Crippen molar-refractivity contribution >= 4 is 35.0 Å². The second-order valence-corrected chi connectivity index (χ2v) is 8.82. The van der Waals surface area contributed by atoms with E-state index < -0.39 is 0 Å². The van der Waals surface area contributed by atoms with Crippen LogP contribution in [0.1, 0.15) is 0 Å². The maximum absolute atomic E-state index is 11.7. The van der Waals surface area contributed by atoms with Crippen molar-refractivity contribution in [2.45, 2.75) is 0 Å². The Bertz CT molecular complexity index is 1140. The van der Waals surface area contributed by atoms with Gasteiger partial charge in [-0.2, -0.15) is 0 Å². The maximum Gasteiger partial charge on any atom is 0.258 e. The smallest absolute Gasteiger partial charge is 0.258 e. The molecule has 2 aromatic rings. The number of imide groups is 2. The van der Waals surface area contributed by atoms with Crippen molar-refractivity contribution in [1.29, 1.82) is 0 Å². The molecule has 12 nitrogen and oxygen atoms in total. The first kappa shape index (κ1) is 30.6. The van der Waals surface area contributed by atoms with Crippen molar-refractivity contribution in [2.75, 3.05) is 75.9 Å². The molecule has 0 aromatic heterocycles. The van der Waals surface area contributed by atoms with Gasteiger partial charge < -0.3 is 28.4 Å². The van der Waals surface area contributed by atoms with Crippen molar-refractivity contribution in [3.8, 4) is 11.5 Å². The first-order valence-electron chi connectivity index (χ1n) is 13.4. The molecule has 2 aliphatic rings. The summed E-state index contributed by atoms with van der Waals surface area (Å²) in [7, 11) is 0. The Labute approximate surface area is 243 Å². The van der Waals surface area contributed by atoms with Crippen molar-refractivity contribution in [3.05, 3.63) is 72.8 Å². The normalized spacial score (nSPS) is 14.5. The summed E-state index contributed by atoms with van der Waals surface area (Å²) >= 11 is 0. The van der Waals surface area contributed by atoms with Gasteiger partial charge in [0.25, 0.3) is 23.6 Å². The third-order valence-electron chi connectivity index (χ3n) is 5.92. The molecule has 0 N–H and O–H groups in total. The van der Waals surface area contributed by atoms with E-state index in [0.717, 1.165) is 9.80 Å². The highest BCUT2D eigenvalue weighted by Crippen LogP contribution is 2.23. The van der Waals surface area contributed by atoms with Crippen molar-refractivity contribution < 1.29 is 47.6 Å². The zero-order valence-electron chi connectivity index (χ0n) is 23.0. The zero-order chi connectivity index (χ0) is 29.6. The average Bonchev–Trinajstić information content (AvgIpc) is 3.52. The van der Waals surface area contributed by atoms with Crippen LogP contribution in [-0.2, 0) is 38.1 Å². The van der Waals surface area contributed by atoms with Gasteiger partial charge in [0.05, 0.1) is 64.2 Å². The van der Waals surface area contributed by atoms with Gasteiger partial charge in [0.2, 0.25) is 0 Å². The van der Waals surface area contributed by atoms with Crippen LogP contribution in [0, 0.1) is 0 Å². The first-order valence-corrected chi connectivity index (χ1v) is 13.4. The summed E-state index contributed by atoms with van der Waals surface area (Å²) in [5, 5.41) is 0. The number of anilines is 2. The zero-order valence-corrected chi connectivity index (χ0v) is 23.0. The molecule has 0 atom stereocenters. The number of rotatable bonds is 19. The molecule has 0 spiro atoms. The van der Waals surface area contributed by atoms with E-state index in [9.17, 15) is 19.2 Å². The van der Waals surface area contributed by atoms with Gasteiger partial charge in [-0.3, -0.25) is 19.2 Å². The van der Waals surface area contributed by atoms with E-state index in [2.05, 4.69) is 0 Å². The first-order chi connectivity index (χ1) is 20.5. The fraction of sp³-hybridized carbons (Fsp3) is 0.333. The van der Waals surface area contributed by atoms with Gasteiger partial charge in [-0.05, 0) is 48.5 Å². The van der Waals surface area contributed by atoms with Gasteiger partial charge in [0, 0.05) is 24.3 Å². The summed E-state index contributed by atoms with van der Waals surface area (Å²) in [6.45, 7) is 4.06. The minimum atomic E-state index is -0.360. The third-order valence-corrected chi connectivity index (χ3v) is 5.92. The van der Waals surface area contributed by atoms with Crippen LogP contribution in [0.3, 0.4) is 0 Å². The molecule has 12 heteroatoms. The minimum Gasteiger partial charge on any atom is -0.491 e. The molecule has 0 bridgehead atoms. The molecule has 2 heterocycles. The summed E-state index contributed by atoms with van der Waals surface area (Å²) < 4.78 is 33.1. The van der Waals surface area contributed by atoms with Crippen LogP contribution in [0.5, 0.6) is 11.5 Å². The van der Waals surface area contributed by atoms with E-state index in [1.54, 1.807) is 48.5 Å². The topological polar surface area (TPSA) is 130 Å². The summed E-state index contributed by atoms with van der Waals surface area (Å²) in [6.07, 6.45) is 4.97. The fourth-order valence-electron chi connectivity index (χ4n) is 3.89. The lowest BCUT2D eigenvalue weighted by Gasteiger charge is -2.14. The standard InChI is InChI=1S/C30H32N2O10/c33-27-9-10-28(34)31(27)23-1-5-25(6-2-23)41-21-19-39-17-15-37-13-14-38-16-18-40-20-22-42-26-7-3-24(4-8-26)32-29(35)11-12-30(32)36/h1-12H,13-22H2. The number of amides is 4. The molecular weight excluding hydrogens is 548 g/mol. The van der Waals surface area contributed by atoms with Crippen molar-refractivity contribution in [1.82, 2.24) is 0 Å². The number of nitrogens with zero attached hydrogens (tertiary/aromatic N) is 2. The second-order valence-electron chi connectivity index (χ2n) is 8.82. The molecular formula is C30H32N2O10. The van der Waals surface area contributed by atoms with Gasteiger partial charge in [-0.15, -0.1) is 0 Å². The Balaban J connectivity index is 0.912. The van der Waals surface area contributed by atoms with E-state index in [-0.39, 0.29) is 23.6 Å². The molecule has 0 saturated carbocycles. The van der Waals surface area contributed by atoms with Gasteiger partial charge in [-0.1, -0.05) is 0 Å². The molecule has 0 radical (unpaired) electrons. The van der Waals surface area contributed by atoms with Crippen LogP contribution < -0.4 is 19.3 Å². The Morgan fingerprint density at radius 2 is 0.643 bits per heavy atom. The number of benzene rings is 2. The summed E-state index contributed by atoms with van der Waals surface area (Å²) in [6, 6.07) is 13.4. The lowest BCUT2D eigenvalue weighted by Crippen LogP contribution is -2.29. The number of hydrogen-bond acceptors (Lipinski definition) is 10. The Kier molecular flexibility index (Phi) is 11.8. The van der Waals surface area contributed by atoms with E-state index in [4.69, 9.17) is 28.4 Å². The van der Waals surface area contributed by atoms with Crippen LogP contribution in [-0.4, -0.2) is 89.7 Å². The highest BCUT2D eigenvalue weighted by Gasteiger charge is 2.25. The SMILES string of the molecule is O=C1C=CC(=O)N1c1ccc(OCCOCCOCCOCCOCCOc2ccc(N3C(=O)C=CC3=O)cc2)cc1. The molecule has 4 amide bonds. The van der Waals surface area contributed by atoms with Gasteiger partial charge in [-0.25, -0.2) is 9.80 Å². The Morgan fingerprint density at radius 3 is 0.929 bits per heavy atom. The summed E-state index contributed by atoms with van der Waals surface area (Å²) in [5.41, 5.74) is 0.989. The van der Waals surface area contributed by atoms with E-state index >= 15 is 0 Å². The lowest BCUT2D eigenvalue weighted by atomic mass is 10.3. The van der Waals surface area contributed by atoms with Crippen LogP contribution in [0.15, 0.2) is 72.8 Å². The predicted molar refractivity (Wildman–Crippen MR) is 150 cm³/mol. The van der Waals surface area contributed by atoms with Crippen molar-refractivity contribution in [3.63, 3.8) is 0 Å². The molecule has 222 valence electrons. The molecule has 2 aromatic carbocycles. The summed E-state index contributed by atoms with van der Waals surface area (Å²) in [4.78, 5) is 49.0. The number of carbonyl (C=O) groups is 4. The largest absolute Gasteiger partial charge is 0.491 e. The number of ether oxygens (including phenoxy) is 6. The van der Waals surface area contributed by atoms with Crippen LogP contribution >= 0.6 is 0 Å². The van der Waals surface area contributed by atoms with Gasteiger partial charge in [0.15, 0.2) is 0 Å². The summed E-state index contributed by atoms with van der Waals surface area (Å²) in [5.74, 6) is -0.220. The third kappa shape index (κ3) is 9.08. The quantitative estimate of drug-likeness (QED) is 0.180. The number of hydrogen-bond donors (Lipinski definition) is 0. The van der Waals surface area contributed by atoms with Crippen LogP contribution in [0.25, 0.3) is 0 Å². The molecule has 4 rings (SSSR count). The van der Waals surface area contributed by atoms with Crippen LogP contribution in [0.2, 0.25) is 0 Å². The molecule has 42 heavy (non-hydrogen) atoms. The van der Waals surface area contributed by atoms with Gasteiger partial charge >= 0.3 is 0 Å². The number of carbonyl (C=O) groups excluding carboxylic acids is 4.